The molecule has 39 heavy (non-hydrogen) atoms. The summed E-state index contributed by atoms with van der Waals surface area (Å²) < 4.78 is 0. The average Bonchev–Trinajstić information content (AvgIpc) is 3.31. The number of carboxylic acid groups (broad SMARTS) is 1. The van der Waals surface area contributed by atoms with Crippen molar-refractivity contribution in [1.29, 1.82) is 0 Å². The Morgan fingerprint density at radius 1 is 1.00 bits per heavy atom. The molecule has 0 fully saturated rings. The molecular formula is C28H40N5O6. The normalized spacial score (nSPS) is 15.1. The maximum absolute atomic E-state index is 13.4. The van der Waals surface area contributed by atoms with Gasteiger partial charge in [0.05, 0.1) is 12.1 Å². The second-order valence-corrected chi connectivity index (χ2v) is 10.3. The van der Waals surface area contributed by atoms with Crippen LogP contribution in [0.3, 0.4) is 0 Å². The van der Waals surface area contributed by atoms with Crippen LogP contribution < -0.4 is 21.7 Å². The molecule has 1 radical (unpaired) electrons. The van der Waals surface area contributed by atoms with Gasteiger partial charge in [-0.3, -0.25) is 24.0 Å². The van der Waals surface area contributed by atoms with Crippen LogP contribution in [0.15, 0.2) is 30.5 Å². The molecule has 0 bridgehead atoms. The molecule has 1 aromatic carbocycles. The zero-order valence-corrected chi connectivity index (χ0v) is 23.0. The highest BCUT2D eigenvalue weighted by Crippen LogP contribution is 2.19. The highest BCUT2D eigenvalue weighted by molar-refractivity contribution is 5.94. The number of aliphatic carboxylic acids is 1. The molecule has 0 spiro atoms. The number of hydrogen-bond donors (Lipinski definition) is 6. The van der Waals surface area contributed by atoms with Gasteiger partial charge >= 0.3 is 5.97 Å². The number of H-pyrrole nitrogens is 1. The van der Waals surface area contributed by atoms with E-state index in [-0.39, 0.29) is 31.1 Å². The number of carboxylic acids is 1. The number of benzene rings is 1. The Morgan fingerprint density at radius 2 is 1.64 bits per heavy atom. The molecule has 7 N–H and O–H groups in total. The van der Waals surface area contributed by atoms with Crippen LogP contribution in [-0.4, -0.2) is 64.2 Å². The van der Waals surface area contributed by atoms with Gasteiger partial charge in [0.15, 0.2) is 0 Å². The van der Waals surface area contributed by atoms with Crippen LogP contribution >= 0.6 is 0 Å². The predicted molar refractivity (Wildman–Crippen MR) is 147 cm³/mol. The molecule has 3 amide bonds. The summed E-state index contributed by atoms with van der Waals surface area (Å²) in [5.74, 6) is -3.09. The Hall–Kier alpha value is -3.73. The van der Waals surface area contributed by atoms with E-state index in [9.17, 15) is 29.1 Å². The van der Waals surface area contributed by atoms with Crippen LogP contribution in [0.4, 0.5) is 0 Å². The van der Waals surface area contributed by atoms with Crippen LogP contribution in [0.1, 0.15) is 58.9 Å². The van der Waals surface area contributed by atoms with E-state index in [1.54, 1.807) is 13.1 Å². The van der Waals surface area contributed by atoms with Gasteiger partial charge in [-0.05, 0) is 36.3 Å². The van der Waals surface area contributed by atoms with E-state index in [0.717, 1.165) is 16.5 Å². The van der Waals surface area contributed by atoms with Crippen LogP contribution in [0, 0.1) is 11.8 Å². The molecule has 1 aromatic heterocycles. The van der Waals surface area contributed by atoms with Crippen molar-refractivity contribution in [3.8, 4) is 0 Å². The zero-order valence-electron chi connectivity index (χ0n) is 23.0. The monoisotopic (exact) mass is 542 g/mol. The Morgan fingerprint density at radius 3 is 2.26 bits per heavy atom. The lowest BCUT2D eigenvalue weighted by Gasteiger charge is -2.26. The van der Waals surface area contributed by atoms with Gasteiger partial charge in [-0.2, -0.15) is 0 Å². The number of amides is 3. The number of nitrogens with two attached hydrogens (primary N) is 1. The van der Waals surface area contributed by atoms with E-state index >= 15 is 0 Å². The van der Waals surface area contributed by atoms with Gasteiger partial charge in [-0.25, -0.2) is 0 Å². The fourth-order valence-electron chi connectivity index (χ4n) is 4.20. The minimum atomic E-state index is -1.23. The molecule has 11 nitrogen and oxygen atoms in total. The second-order valence-electron chi connectivity index (χ2n) is 10.3. The Labute approximate surface area is 228 Å². The van der Waals surface area contributed by atoms with Gasteiger partial charge in [-0.1, -0.05) is 52.3 Å². The number of nitrogens with one attached hydrogen (secondary N) is 4. The third-order valence-corrected chi connectivity index (χ3v) is 6.74. The lowest BCUT2D eigenvalue weighted by Crippen LogP contribution is -2.57. The Kier molecular flexibility index (Phi) is 12.1. The van der Waals surface area contributed by atoms with Gasteiger partial charge in [0.25, 0.3) is 0 Å². The molecule has 0 saturated heterocycles. The molecule has 5 atom stereocenters. The molecule has 213 valence electrons. The zero-order chi connectivity index (χ0) is 29.1. The standard InChI is InChI=1S/C28H40N5O6/c1-5-17(4)25(29)28(39)32-22(10-11-24(35)36)26(37)33-23(27(38)31-19(15-34)12-16(2)3)13-18-14-30-21-9-7-6-8-20(18)21/h6-9,14,16-17,19,22-23,25,30H,5,10-13,29H2,1-4H3,(H,31,38)(H,32,39)(H,33,37)(H,35,36)/t17-,19-,22-,23-,25-/m0/s1. The van der Waals surface area contributed by atoms with Gasteiger partial charge in [0.2, 0.25) is 24.0 Å². The van der Waals surface area contributed by atoms with E-state index in [0.29, 0.717) is 12.8 Å². The van der Waals surface area contributed by atoms with E-state index < -0.39 is 47.9 Å². The summed E-state index contributed by atoms with van der Waals surface area (Å²) in [7, 11) is 0. The summed E-state index contributed by atoms with van der Waals surface area (Å²) in [5, 5.41) is 17.9. The molecule has 0 aliphatic carbocycles. The number of rotatable bonds is 16. The summed E-state index contributed by atoms with van der Waals surface area (Å²) in [4.78, 5) is 65.3. The molecule has 0 aliphatic heterocycles. The van der Waals surface area contributed by atoms with Crippen LogP contribution in [0.2, 0.25) is 0 Å². The topological polar surface area (TPSA) is 183 Å². The fourth-order valence-corrected chi connectivity index (χ4v) is 4.20. The van der Waals surface area contributed by atoms with Crippen LogP contribution in [-0.2, 0) is 30.4 Å². The molecule has 2 aromatic rings. The largest absolute Gasteiger partial charge is 0.481 e. The number of aromatic nitrogens is 1. The van der Waals surface area contributed by atoms with Crippen molar-refractivity contribution in [2.24, 2.45) is 17.6 Å². The lowest BCUT2D eigenvalue weighted by atomic mass is 9.98. The smallest absolute Gasteiger partial charge is 0.303 e. The first-order chi connectivity index (χ1) is 18.5. The second kappa shape index (κ2) is 15.0. The van der Waals surface area contributed by atoms with Crippen molar-refractivity contribution >= 4 is 40.9 Å². The van der Waals surface area contributed by atoms with Crippen molar-refractivity contribution in [1.82, 2.24) is 20.9 Å². The quantitative estimate of drug-likeness (QED) is 0.186. The molecule has 0 aliphatic rings. The molecule has 11 heteroatoms. The van der Waals surface area contributed by atoms with E-state index in [4.69, 9.17) is 5.73 Å². The van der Waals surface area contributed by atoms with Gasteiger partial charge in [0, 0.05) is 29.9 Å². The number of carbonyl (C=O) groups excluding carboxylic acids is 4. The van der Waals surface area contributed by atoms with Crippen molar-refractivity contribution in [3.63, 3.8) is 0 Å². The van der Waals surface area contributed by atoms with Crippen molar-refractivity contribution in [2.45, 2.75) is 84.0 Å². The summed E-state index contributed by atoms with van der Waals surface area (Å²) in [6.45, 7) is 7.49. The van der Waals surface area contributed by atoms with E-state index in [2.05, 4.69) is 20.9 Å². The number of para-hydroxylation sites is 1. The summed E-state index contributed by atoms with van der Waals surface area (Å²) >= 11 is 0. The van der Waals surface area contributed by atoms with Gasteiger partial charge in [-0.15, -0.1) is 0 Å². The predicted octanol–water partition coefficient (Wildman–Crippen LogP) is 1.56. The van der Waals surface area contributed by atoms with Gasteiger partial charge in [0.1, 0.15) is 12.1 Å². The van der Waals surface area contributed by atoms with E-state index in [1.165, 1.54) is 0 Å². The molecule has 0 saturated carbocycles. The van der Waals surface area contributed by atoms with Crippen molar-refractivity contribution < 1.29 is 29.1 Å². The van der Waals surface area contributed by atoms with Crippen LogP contribution in [0.5, 0.6) is 0 Å². The number of fused-ring (bicyclic) bond motifs is 1. The summed E-state index contributed by atoms with van der Waals surface area (Å²) in [6.07, 6.45) is 4.09. The average molecular weight is 543 g/mol. The first kappa shape index (κ1) is 31.5. The maximum Gasteiger partial charge on any atom is 0.303 e. The number of carbonyl (C=O) groups is 4. The summed E-state index contributed by atoms with van der Waals surface area (Å²) in [5.41, 5.74) is 7.62. The fraction of sp³-hybridized carbons (Fsp3) is 0.536. The Balaban J connectivity index is 2.31. The van der Waals surface area contributed by atoms with Crippen molar-refractivity contribution in [2.75, 3.05) is 0 Å². The van der Waals surface area contributed by atoms with Crippen LogP contribution in [0.25, 0.3) is 10.9 Å². The highest BCUT2D eigenvalue weighted by atomic mass is 16.4. The highest BCUT2D eigenvalue weighted by Gasteiger charge is 2.31. The maximum atomic E-state index is 13.4. The van der Waals surface area contributed by atoms with Crippen molar-refractivity contribution in [3.05, 3.63) is 36.0 Å². The molecule has 1 heterocycles. The van der Waals surface area contributed by atoms with Gasteiger partial charge < -0.3 is 31.8 Å². The first-order valence-electron chi connectivity index (χ1n) is 13.3. The third-order valence-electron chi connectivity index (χ3n) is 6.74. The molecule has 0 unspecified atom stereocenters. The lowest BCUT2D eigenvalue weighted by molar-refractivity contribution is -0.138. The minimum Gasteiger partial charge on any atom is -0.481 e. The third kappa shape index (κ3) is 9.51. The molecule has 2 rings (SSSR count). The van der Waals surface area contributed by atoms with E-state index in [1.807, 2.05) is 51.3 Å². The first-order valence-corrected chi connectivity index (χ1v) is 13.3. The number of aromatic amines is 1. The minimum absolute atomic E-state index is 0.0841. The molecular weight excluding hydrogens is 502 g/mol. The Bertz CT molecular complexity index is 1150. The SMILES string of the molecule is CC[C@H](C)[C@H](N)C(=O)N[C@@H](CCC(=O)O)C(=O)N[C@@H](Cc1c[nH]c2ccccc12)C(=O)N[C@H]([C]=O)CC(C)C. The summed E-state index contributed by atoms with van der Waals surface area (Å²) in [6, 6.07) is 3.38. The number of hydrogen-bond acceptors (Lipinski definition) is 6.